The van der Waals surface area contributed by atoms with E-state index in [4.69, 9.17) is 16.3 Å². The van der Waals surface area contributed by atoms with Crippen molar-refractivity contribution in [2.75, 3.05) is 0 Å². The first-order valence-electron chi connectivity index (χ1n) is 6.98. The SMILES string of the molecule is Cn1cc(-c2nc(COC(=O)c3ccc(Cl)cc3[N+](=O)[O-])cs2)cn1. The molecule has 0 amide bonds. The van der Waals surface area contributed by atoms with Gasteiger partial charge in [-0.3, -0.25) is 14.8 Å². The number of esters is 1. The quantitative estimate of drug-likeness (QED) is 0.383. The molecule has 3 rings (SSSR count). The van der Waals surface area contributed by atoms with Crippen molar-refractivity contribution in [3.05, 3.63) is 62.4 Å². The van der Waals surface area contributed by atoms with Crippen LogP contribution in [0, 0.1) is 10.1 Å². The minimum absolute atomic E-state index is 0.0879. The number of halogens is 1. The van der Waals surface area contributed by atoms with Crippen LogP contribution in [-0.2, 0) is 18.4 Å². The Morgan fingerprint density at radius 1 is 1.48 bits per heavy atom. The molecule has 0 spiro atoms. The highest BCUT2D eigenvalue weighted by Crippen LogP contribution is 2.25. The summed E-state index contributed by atoms with van der Waals surface area (Å²) in [6.45, 7) is -0.0879. The molecule has 0 saturated heterocycles. The molecule has 25 heavy (non-hydrogen) atoms. The van der Waals surface area contributed by atoms with E-state index in [1.807, 2.05) is 6.20 Å². The molecule has 1 aromatic carbocycles. The molecule has 0 saturated carbocycles. The Morgan fingerprint density at radius 2 is 2.28 bits per heavy atom. The zero-order valence-corrected chi connectivity index (χ0v) is 14.5. The van der Waals surface area contributed by atoms with E-state index >= 15 is 0 Å². The van der Waals surface area contributed by atoms with Gasteiger partial charge >= 0.3 is 5.97 Å². The Labute approximate surface area is 150 Å². The molecule has 0 aliphatic carbocycles. The van der Waals surface area contributed by atoms with Gasteiger partial charge in [-0.2, -0.15) is 5.10 Å². The molecule has 2 heterocycles. The Bertz CT molecular complexity index is 953. The van der Waals surface area contributed by atoms with Gasteiger partial charge in [-0.15, -0.1) is 11.3 Å². The van der Waals surface area contributed by atoms with Crippen molar-refractivity contribution in [3.63, 3.8) is 0 Å². The first-order valence-corrected chi connectivity index (χ1v) is 8.24. The van der Waals surface area contributed by atoms with Gasteiger partial charge in [0, 0.05) is 35.3 Å². The second kappa shape index (κ2) is 6.99. The lowest BCUT2D eigenvalue weighted by Crippen LogP contribution is -2.08. The molecule has 0 N–H and O–H groups in total. The average molecular weight is 379 g/mol. The van der Waals surface area contributed by atoms with Gasteiger partial charge in [0.2, 0.25) is 0 Å². The fourth-order valence-electron chi connectivity index (χ4n) is 2.08. The number of aromatic nitrogens is 3. The van der Waals surface area contributed by atoms with Crippen LogP contribution in [-0.4, -0.2) is 25.7 Å². The van der Waals surface area contributed by atoms with Crippen LogP contribution in [0.2, 0.25) is 5.02 Å². The van der Waals surface area contributed by atoms with Crippen LogP contribution in [0.4, 0.5) is 5.69 Å². The molecule has 8 nitrogen and oxygen atoms in total. The standard InChI is InChI=1S/C15H11ClN4O4S/c1-19-6-9(5-17-19)14-18-11(8-25-14)7-24-15(21)12-3-2-10(16)4-13(12)20(22)23/h2-6,8H,7H2,1H3. The van der Waals surface area contributed by atoms with Crippen LogP contribution in [0.15, 0.2) is 36.0 Å². The first kappa shape index (κ1) is 17.1. The summed E-state index contributed by atoms with van der Waals surface area (Å²) in [7, 11) is 1.80. The summed E-state index contributed by atoms with van der Waals surface area (Å²) in [5, 5.41) is 17.8. The number of carbonyl (C=O) groups is 1. The van der Waals surface area contributed by atoms with E-state index in [0.717, 1.165) is 16.6 Å². The smallest absolute Gasteiger partial charge is 0.345 e. The monoisotopic (exact) mass is 378 g/mol. The number of nitrogens with zero attached hydrogens (tertiary/aromatic N) is 4. The molecule has 0 aliphatic heterocycles. The highest BCUT2D eigenvalue weighted by Gasteiger charge is 2.22. The molecule has 0 atom stereocenters. The fourth-order valence-corrected chi connectivity index (χ4v) is 3.03. The van der Waals surface area contributed by atoms with Crippen LogP contribution in [0.3, 0.4) is 0 Å². The van der Waals surface area contributed by atoms with Gasteiger partial charge in [-0.25, -0.2) is 9.78 Å². The molecule has 10 heteroatoms. The second-order valence-electron chi connectivity index (χ2n) is 5.04. The number of hydrogen-bond donors (Lipinski definition) is 0. The molecule has 128 valence electrons. The third-order valence-electron chi connectivity index (χ3n) is 3.23. The number of hydrogen-bond acceptors (Lipinski definition) is 7. The van der Waals surface area contributed by atoms with Gasteiger partial charge in [0.15, 0.2) is 0 Å². The summed E-state index contributed by atoms with van der Waals surface area (Å²) in [6.07, 6.45) is 3.51. The number of nitro groups is 1. The molecule has 0 radical (unpaired) electrons. The van der Waals surface area contributed by atoms with Gasteiger partial charge in [0.1, 0.15) is 17.2 Å². The predicted molar refractivity (Wildman–Crippen MR) is 91.5 cm³/mol. The lowest BCUT2D eigenvalue weighted by atomic mass is 10.2. The van der Waals surface area contributed by atoms with Crippen molar-refractivity contribution >= 4 is 34.6 Å². The van der Waals surface area contributed by atoms with Crippen LogP contribution in [0.1, 0.15) is 16.1 Å². The second-order valence-corrected chi connectivity index (χ2v) is 6.34. The number of aryl methyl sites for hydroxylation is 1. The summed E-state index contributed by atoms with van der Waals surface area (Å²) in [4.78, 5) is 26.9. The molecule has 2 aromatic heterocycles. The predicted octanol–water partition coefficient (Wildman–Crippen LogP) is 3.46. The van der Waals surface area contributed by atoms with Gasteiger partial charge in [0.05, 0.1) is 16.8 Å². The Morgan fingerprint density at radius 3 is 2.96 bits per heavy atom. The number of carbonyl (C=O) groups excluding carboxylic acids is 1. The van der Waals surface area contributed by atoms with E-state index in [-0.39, 0.29) is 17.2 Å². The minimum atomic E-state index is -0.806. The average Bonchev–Trinajstić information content (AvgIpc) is 3.21. The third kappa shape index (κ3) is 3.83. The molecular weight excluding hydrogens is 368 g/mol. The lowest BCUT2D eigenvalue weighted by molar-refractivity contribution is -0.385. The summed E-state index contributed by atoms with van der Waals surface area (Å²) >= 11 is 7.12. The van der Waals surface area contributed by atoms with Gasteiger partial charge in [-0.05, 0) is 12.1 Å². The number of nitro benzene ring substituents is 1. The lowest BCUT2D eigenvalue weighted by Gasteiger charge is -2.04. The number of rotatable bonds is 5. The number of ether oxygens (including phenoxy) is 1. The Kier molecular flexibility index (Phi) is 4.77. The van der Waals surface area contributed by atoms with Crippen LogP contribution in [0.25, 0.3) is 10.6 Å². The van der Waals surface area contributed by atoms with Crippen molar-refractivity contribution < 1.29 is 14.5 Å². The summed E-state index contributed by atoms with van der Waals surface area (Å²) in [5.41, 5.74) is 0.858. The first-order chi connectivity index (χ1) is 11.9. The molecule has 0 unspecified atom stereocenters. The van der Waals surface area contributed by atoms with Crippen molar-refractivity contribution in [2.45, 2.75) is 6.61 Å². The molecular formula is C15H11ClN4O4S. The molecule has 0 bridgehead atoms. The van der Waals surface area contributed by atoms with Crippen molar-refractivity contribution in [2.24, 2.45) is 7.05 Å². The Balaban J connectivity index is 1.71. The van der Waals surface area contributed by atoms with Crippen molar-refractivity contribution in [1.29, 1.82) is 0 Å². The topological polar surface area (TPSA) is 100 Å². The third-order valence-corrected chi connectivity index (χ3v) is 4.41. The van der Waals surface area contributed by atoms with Crippen LogP contribution in [0.5, 0.6) is 0 Å². The van der Waals surface area contributed by atoms with Crippen molar-refractivity contribution in [3.8, 4) is 10.6 Å². The van der Waals surface area contributed by atoms with E-state index < -0.39 is 16.6 Å². The van der Waals surface area contributed by atoms with Gasteiger partial charge in [0.25, 0.3) is 5.69 Å². The van der Waals surface area contributed by atoms with E-state index in [2.05, 4.69) is 10.1 Å². The van der Waals surface area contributed by atoms with Gasteiger partial charge < -0.3 is 4.74 Å². The number of benzene rings is 1. The van der Waals surface area contributed by atoms with E-state index in [1.165, 1.54) is 23.5 Å². The highest BCUT2D eigenvalue weighted by atomic mass is 35.5. The molecule has 0 fully saturated rings. The zero-order chi connectivity index (χ0) is 18.0. The maximum Gasteiger partial charge on any atom is 0.345 e. The van der Waals surface area contributed by atoms with Crippen LogP contribution < -0.4 is 0 Å². The fraction of sp³-hybridized carbons (Fsp3) is 0.133. The molecule has 0 aliphatic rings. The summed E-state index contributed by atoms with van der Waals surface area (Å²) in [6, 6.07) is 3.78. The van der Waals surface area contributed by atoms with E-state index in [0.29, 0.717) is 5.69 Å². The maximum absolute atomic E-state index is 12.1. The van der Waals surface area contributed by atoms with Gasteiger partial charge in [-0.1, -0.05) is 11.6 Å². The summed E-state index contributed by atoms with van der Waals surface area (Å²) in [5.74, 6) is -0.806. The van der Waals surface area contributed by atoms with E-state index in [9.17, 15) is 14.9 Å². The van der Waals surface area contributed by atoms with E-state index in [1.54, 1.807) is 23.3 Å². The molecule has 3 aromatic rings. The largest absolute Gasteiger partial charge is 0.455 e. The Hall–Kier alpha value is -2.78. The minimum Gasteiger partial charge on any atom is -0.455 e. The van der Waals surface area contributed by atoms with Crippen LogP contribution >= 0.6 is 22.9 Å². The van der Waals surface area contributed by atoms with Crippen molar-refractivity contribution in [1.82, 2.24) is 14.8 Å². The normalized spacial score (nSPS) is 10.6. The maximum atomic E-state index is 12.1. The summed E-state index contributed by atoms with van der Waals surface area (Å²) < 4.78 is 6.80. The highest BCUT2D eigenvalue weighted by molar-refractivity contribution is 7.13. The number of thiazole rings is 1. The zero-order valence-electron chi connectivity index (χ0n) is 12.9.